The zero-order chi connectivity index (χ0) is 19.8. The number of aliphatic imine (C=N–C) groups is 1. The third-order valence-electron chi connectivity index (χ3n) is 5.63. The standard InChI is InChI=1S/C22H35N5O/c1-3-23-22(27-13-7-8-19(2)18-27)24-12-11-21(28)26-16-14-25(15-17-26)20-9-5-4-6-10-20/h4-6,9-10,19H,3,7-8,11-18H2,1-2H3,(H,23,24). The zero-order valence-corrected chi connectivity index (χ0v) is 17.4. The Bertz CT molecular complexity index is 640. The Balaban J connectivity index is 1.46. The van der Waals surface area contributed by atoms with Crippen LogP contribution in [0.15, 0.2) is 35.3 Å². The van der Waals surface area contributed by atoms with Gasteiger partial charge in [0.25, 0.3) is 0 Å². The van der Waals surface area contributed by atoms with Gasteiger partial charge in [-0.25, -0.2) is 0 Å². The second-order valence-electron chi connectivity index (χ2n) is 7.88. The van der Waals surface area contributed by atoms with Crippen molar-refractivity contribution in [2.45, 2.75) is 33.1 Å². The Hall–Kier alpha value is -2.24. The van der Waals surface area contributed by atoms with Crippen molar-refractivity contribution in [3.8, 4) is 0 Å². The molecule has 1 unspecified atom stereocenters. The molecule has 2 aliphatic heterocycles. The average Bonchev–Trinajstić information content (AvgIpc) is 2.74. The summed E-state index contributed by atoms with van der Waals surface area (Å²) in [7, 11) is 0. The molecular weight excluding hydrogens is 350 g/mol. The summed E-state index contributed by atoms with van der Waals surface area (Å²) in [6.07, 6.45) is 3.00. The molecule has 1 atom stereocenters. The average molecular weight is 386 g/mol. The van der Waals surface area contributed by atoms with E-state index in [0.29, 0.717) is 18.9 Å². The van der Waals surface area contributed by atoms with Crippen LogP contribution in [-0.4, -0.2) is 74.0 Å². The Kier molecular flexibility index (Phi) is 7.57. The summed E-state index contributed by atoms with van der Waals surface area (Å²) in [5, 5.41) is 3.39. The lowest BCUT2D eigenvalue weighted by atomic mass is 10.0. The van der Waals surface area contributed by atoms with Crippen LogP contribution < -0.4 is 10.2 Å². The second kappa shape index (κ2) is 10.3. The van der Waals surface area contributed by atoms with Crippen molar-refractivity contribution in [3.05, 3.63) is 30.3 Å². The van der Waals surface area contributed by atoms with E-state index in [0.717, 1.165) is 51.8 Å². The van der Waals surface area contributed by atoms with Crippen LogP contribution in [0.3, 0.4) is 0 Å². The van der Waals surface area contributed by atoms with Gasteiger partial charge in [0, 0.05) is 57.9 Å². The minimum atomic E-state index is 0.222. The van der Waals surface area contributed by atoms with Gasteiger partial charge in [0.1, 0.15) is 0 Å². The Morgan fingerprint density at radius 3 is 2.54 bits per heavy atom. The van der Waals surface area contributed by atoms with Gasteiger partial charge in [0.15, 0.2) is 5.96 Å². The first-order chi connectivity index (χ1) is 13.7. The highest BCUT2D eigenvalue weighted by Crippen LogP contribution is 2.17. The molecule has 6 heteroatoms. The fraction of sp³-hybridized carbons (Fsp3) is 0.636. The summed E-state index contributed by atoms with van der Waals surface area (Å²) in [6, 6.07) is 10.4. The van der Waals surface area contributed by atoms with E-state index in [1.807, 2.05) is 11.0 Å². The maximum Gasteiger partial charge on any atom is 0.224 e. The van der Waals surface area contributed by atoms with E-state index in [1.54, 1.807) is 0 Å². The van der Waals surface area contributed by atoms with Gasteiger partial charge < -0.3 is 20.0 Å². The number of hydrogen-bond donors (Lipinski definition) is 1. The molecule has 1 N–H and O–H groups in total. The summed E-state index contributed by atoms with van der Waals surface area (Å²) < 4.78 is 0. The summed E-state index contributed by atoms with van der Waals surface area (Å²) in [5.41, 5.74) is 1.24. The van der Waals surface area contributed by atoms with Gasteiger partial charge in [0.05, 0.1) is 6.54 Å². The van der Waals surface area contributed by atoms with Crippen LogP contribution in [0.5, 0.6) is 0 Å². The van der Waals surface area contributed by atoms with E-state index in [9.17, 15) is 4.79 Å². The van der Waals surface area contributed by atoms with E-state index in [2.05, 4.69) is 53.2 Å². The molecule has 1 aromatic carbocycles. The van der Waals surface area contributed by atoms with Crippen molar-refractivity contribution in [2.24, 2.45) is 10.9 Å². The van der Waals surface area contributed by atoms with Gasteiger partial charge in [-0.2, -0.15) is 0 Å². The molecule has 3 rings (SSSR count). The molecule has 0 bridgehead atoms. The van der Waals surface area contributed by atoms with Crippen LogP contribution in [0.25, 0.3) is 0 Å². The first-order valence-corrected chi connectivity index (χ1v) is 10.8. The highest BCUT2D eigenvalue weighted by molar-refractivity contribution is 5.81. The molecule has 2 saturated heterocycles. The molecule has 0 saturated carbocycles. The van der Waals surface area contributed by atoms with E-state index >= 15 is 0 Å². The van der Waals surface area contributed by atoms with Crippen molar-refractivity contribution in [1.29, 1.82) is 0 Å². The number of nitrogens with zero attached hydrogens (tertiary/aromatic N) is 4. The molecular formula is C22H35N5O. The van der Waals surface area contributed by atoms with E-state index in [-0.39, 0.29) is 5.91 Å². The topological polar surface area (TPSA) is 51.2 Å². The fourth-order valence-electron chi connectivity index (χ4n) is 4.08. The number of likely N-dealkylation sites (tertiary alicyclic amines) is 1. The molecule has 0 radical (unpaired) electrons. The lowest BCUT2D eigenvalue weighted by Crippen LogP contribution is -2.49. The van der Waals surface area contributed by atoms with Gasteiger partial charge in [-0.1, -0.05) is 25.1 Å². The summed E-state index contributed by atoms with van der Waals surface area (Å²) in [5.74, 6) is 1.90. The van der Waals surface area contributed by atoms with Crippen molar-refractivity contribution >= 4 is 17.6 Å². The smallest absolute Gasteiger partial charge is 0.224 e. The molecule has 6 nitrogen and oxygen atoms in total. The van der Waals surface area contributed by atoms with Crippen molar-refractivity contribution in [3.63, 3.8) is 0 Å². The Morgan fingerprint density at radius 1 is 1.11 bits per heavy atom. The molecule has 0 spiro atoms. The number of piperazine rings is 1. The number of benzene rings is 1. The molecule has 0 aliphatic carbocycles. The van der Waals surface area contributed by atoms with Crippen LogP contribution in [0.1, 0.15) is 33.1 Å². The summed E-state index contributed by atoms with van der Waals surface area (Å²) >= 11 is 0. The van der Waals surface area contributed by atoms with Crippen LogP contribution in [0.4, 0.5) is 5.69 Å². The first-order valence-electron chi connectivity index (χ1n) is 10.8. The Morgan fingerprint density at radius 2 is 1.86 bits per heavy atom. The van der Waals surface area contributed by atoms with Crippen molar-refractivity contribution in [2.75, 3.05) is 57.3 Å². The van der Waals surface area contributed by atoms with Gasteiger partial charge >= 0.3 is 0 Å². The summed E-state index contributed by atoms with van der Waals surface area (Å²) in [6.45, 7) is 11.3. The monoisotopic (exact) mass is 385 g/mol. The number of hydrogen-bond acceptors (Lipinski definition) is 3. The molecule has 0 aromatic heterocycles. The van der Waals surface area contributed by atoms with Crippen LogP contribution >= 0.6 is 0 Å². The van der Waals surface area contributed by atoms with Gasteiger partial charge in [-0.3, -0.25) is 9.79 Å². The van der Waals surface area contributed by atoms with E-state index in [4.69, 9.17) is 4.99 Å². The highest BCUT2D eigenvalue weighted by Gasteiger charge is 2.22. The summed E-state index contributed by atoms with van der Waals surface area (Å²) in [4.78, 5) is 24.0. The van der Waals surface area contributed by atoms with Crippen molar-refractivity contribution in [1.82, 2.24) is 15.1 Å². The predicted molar refractivity (Wildman–Crippen MR) is 116 cm³/mol. The van der Waals surface area contributed by atoms with Crippen molar-refractivity contribution < 1.29 is 4.79 Å². The van der Waals surface area contributed by atoms with Crippen LogP contribution in [-0.2, 0) is 4.79 Å². The lowest BCUT2D eigenvalue weighted by molar-refractivity contribution is -0.131. The number of amides is 1. The number of rotatable bonds is 5. The van der Waals surface area contributed by atoms with Gasteiger partial charge in [0.2, 0.25) is 5.91 Å². The molecule has 1 aromatic rings. The molecule has 2 aliphatic rings. The normalized spacial score (nSPS) is 21.0. The third-order valence-corrected chi connectivity index (χ3v) is 5.63. The lowest BCUT2D eigenvalue weighted by Gasteiger charge is -2.36. The largest absolute Gasteiger partial charge is 0.368 e. The number of carbonyl (C=O) groups excluding carboxylic acids is 1. The predicted octanol–water partition coefficient (Wildman–Crippen LogP) is 2.42. The Labute approximate surface area is 169 Å². The molecule has 28 heavy (non-hydrogen) atoms. The quantitative estimate of drug-likeness (QED) is 0.625. The minimum Gasteiger partial charge on any atom is -0.368 e. The zero-order valence-electron chi connectivity index (χ0n) is 17.4. The molecule has 154 valence electrons. The maximum absolute atomic E-state index is 12.6. The number of guanidine groups is 1. The number of carbonyl (C=O) groups is 1. The minimum absolute atomic E-state index is 0.222. The van der Waals surface area contributed by atoms with E-state index in [1.165, 1.54) is 18.5 Å². The molecule has 1 amide bonds. The first kappa shape index (κ1) is 20.5. The number of piperidine rings is 1. The van der Waals surface area contributed by atoms with Gasteiger partial charge in [-0.15, -0.1) is 0 Å². The maximum atomic E-state index is 12.6. The molecule has 2 fully saturated rings. The highest BCUT2D eigenvalue weighted by atomic mass is 16.2. The number of anilines is 1. The third kappa shape index (κ3) is 5.63. The number of para-hydroxylation sites is 1. The second-order valence-corrected chi connectivity index (χ2v) is 7.88. The van der Waals surface area contributed by atoms with Crippen LogP contribution in [0.2, 0.25) is 0 Å². The molecule has 2 heterocycles. The fourth-order valence-corrected chi connectivity index (χ4v) is 4.08. The van der Waals surface area contributed by atoms with E-state index < -0.39 is 0 Å². The number of nitrogens with one attached hydrogen (secondary N) is 1. The van der Waals surface area contributed by atoms with Gasteiger partial charge in [-0.05, 0) is 37.8 Å². The van der Waals surface area contributed by atoms with Crippen LogP contribution in [0, 0.1) is 5.92 Å². The SMILES string of the molecule is CCNC(=NCCC(=O)N1CCN(c2ccccc2)CC1)N1CCCC(C)C1.